The van der Waals surface area contributed by atoms with Crippen LogP contribution in [0.4, 0.5) is 5.00 Å². The molecule has 0 spiro atoms. The molecule has 2 aromatic heterocycles. The summed E-state index contributed by atoms with van der Waals surface area (Å²) in [6.45, 7) is 2.09. The van der Waals surface area contributed by atoms with E-state index in [1.54, 1.807) is 25.1 Å². The third-order valence-electron chi connectivity index (χ3n) is 4.73. The summed E-state index contributed by atoms with van der Waals surface area (Å²) in [5.74, 6) is -0.157. The van der Waals surface area contributed by atoms with Crippen LogP contribution in [0.15, 0.2) is 28.8 Å². The van der Waals surface area contributed by atoms with E-state index in [1.807, 2.05) is 0 Å². The van der Waals surface area contributed by atoms with Gasteiger partial charge in [0, 0.05) is 16.1 Å². The molecule has 4 rings (SSSR count). The maximum Gasteiger partial charge on any atom is 0.341 e. The molecule has 0 amide bonds. The van der Waals surface area contributed by atoms with Gasteiger partial charge in [0.1, 0.15) is 10.5 Å². The van der Waals surface area contributed by atoms with Gasteiger partial charge in [-0.2, -0.15) is 0 Å². The van der Waals surface area contributed by atoms with E-state index in [1.165, 1.54) is 22.4 Å². The normalized spacial score (nSPS) is 13.9. The molecule has 8 heteroatoms. The number of oxazole rings is 1. The van der Waals surface area contributed by atoms with Gasteiger partial charge in [-0.05, 0) is 56.4 Å². The van der Waals surface area contributed by atoms with Crippen molar-refractivity contribution in [3.05, 3.63) is 51.3 Å². The molecule has 150 valence electrons. The van der Waals surface area contributed by atoms with E-state index in [0.29, 0.717) is 39.6 Å². The number of thiophene rings is 1. The highest BCUT2D eigenvalue weighted by molar-refractivity contribution is 7.16. The van der Waals surface area contributed by atoms with Crippen LogP contribution in [0.3, 0.4) is 0 Å². The number of allylic oxidation sites excluding steroid dienone is 1. The molecule has 0 radical (unpaired) electrons. The van der Waals surface area contributed by atoms with Crippen LogP contribution >= 0.6 is 22.9 Å². The lowest BCUT2D eigenvalue weighted by Gasteiger charge is -2.12. The smallest absolute Gasteiger partial charge is 0.341 e. The highest BCUT2D eigenvalue weighted by Gasteiger charge is 2.26. The Kier molecular flexibility index (Phi) is 5.69. The average molecular weight is 431 g/mol. The van der Waals surface area contributed by atoms with Crippen molar-refractivity contribution >= 4 is 56.9 Å². The van der Waals surface area contributed by atoms with E-state index in [4.69, 9.17) is 20.8 Å². The molecule has 29 heavy (non-hydrogen) atoms. The molecule has 0 aliphatic heterocycles. The van der Waals surface area contributed by atoms with E-state index < -0.39 is 0 Å². The topological polar surface area (TPSA) is 81.4 Å². The molecular formula is C21H19ClN2O4S. The van der Waals surface area contributed by atoms with Gasteiger partial charge in [-0.1, -0.05) is 11.6 Å². The number of carbonyl (C=O) groups excluding carboxylic acids is 2. The molecule has 1 N–H and O–H groups in total. The van der Waals surface area contributed by atoms with Crippen LogP contribution in [0.5, 0.6) is 0 Å². The molecule has 0 atom stereocenters. The van der Waals surface area contributed by atoms with Crippen molar-refractivity contribution in [2.24, 2.45) is 0 Å². The van der Waals surface area contributed by atoms with Gasteiger partial charge in [0.05, 0.1) is 17.7 Å². The summed E-state index contributed by atoms with van der Waals surface area (Å²) in [7, 11) is 0. The van der Waals surface area contributed by atoms with Gasteiger partial charge < -0.3 is 14.5 Å². The minimum atomic E-state index is -0.341. The first-order chi connectivity index (χ1) is 14.1. The van der Waals surface area contributed by atoms with Crippen LogP contribution < -0.4 is 5.32 Å². The maximum absolute atomic E-state index is 12.5. The first kappa shape index (κ1) is 19.7. The largest absolute Gasteiger partial charge is 0.462 e. The number of nitrogens with one attached hydrogen (secondary N) is 1. The Morgan fingerprint density at radius 1 is 1.38 bits per heavy atom. The lowest BCUT2D eigenvalue weighted by atomic mass is 9.95. The van der Waals surface area contributed by atoms with Gasteiger partial charge in [0.25, 0.3) is 0 Å². The number of benzene rings is 1. The molecule has 0 saturated carbocycles. The zero-order valence-electron chi connectivity index (χ0n) is 15.8. The van der Waals surface area contributed by atoms with Crippen molar-refractivity contribution in [3.8, 4) is 0 Å². The van der Waals surface area contributed by atoms with E-state index in [-0.39, 0.29) is 17.4 Å². The van der Waals surface area contributed by atoms with Crippen LogP contribution in [-0.4, -0.2) is 23.8 Å². The molecule has 6 nitrogen and oxygen atoms in total. The van der Waals surface area contributed by atoms with Gasteiger partial charge in [-0.25, -0.2) is 9.78 Å². The zero-order valence-corrected chi connectivity index (χ0v) is 17.4. The Morgan fingerprint density at radius 3 is 3.00 bits per heavy atom. The molecule has 1 aromatic carbocycles. The lowest BCUT2D eigenvalue weighted by molar-refractivity contribution is -0.103. The molecule has 2 heterocycles. The molecule has 3 aromatic rings. The van der Waals surface area contributed by atoms with Gasteiger partial charge in [0.15, 0.2) is 11.9 Å². The number of aryl methyl sites for hydroxylation is 1. The number of ether oxygens (including phenoxy) is 1. The number of nitrogens with zero attached hydrogens (tertiary/aromatic N) is 1. The van der Waals surface area contributed by atoms with Crippen LogP contribution in [0.25, 0.3) is 16.7 Å². The number of rotatable bonds is 6. The van der Waals surface area contributed by atoms with Crippen LogP contribution in [0.1, 0.15) is 46.5 Å². The minimum absolute atomic E-state index is 0.184. The standard InChI is InChI=1S/C21H19ClN2O4S/c1-2-27-21(26)18-14-5-3-4-6-17(14)29-20(18)23-10-12(11-25)19-24-15-9-13(22)7-8-16(15)28-19/h7-11,23H,2-6H2,1H3/b12-10-. The van der Waals surface area contributed by atoms with Crippen molar-refractivity contribution in [1.29, 1.82) is 0 Å². The molecule has 0 saturated heterocycles. The number of fused-ring (bicyclic) bond motifs is 2. The Bertz CT molecular complexity index is 1120. The predicted octanol–water partition coefficient (Wildman–Crippen LogP) is 5.25. The van der Waals surface area contributed by atoms with Crippen molar-refractivity contribution < 1.29 is 18.7 Å². The van der Waals surface area contributed by atoms with E-state index in [9.17, 15) is 9.59 Å². The van der Waals surface area contributed by atoms with Crippen LogP contribution in [0, 0.1) is 0 Å². The number of halogens is 1. The second-order valence-electron chi connectivity index (χ2n) is 6.63. The zero-order chi connectivity index (χ0) is 20.4. The third kappa shape index (κ3) is 3.93. The summed E-state index contributed by atoms with van der Waals surface area (Å²) in [4.78, 5) is 29.7. The Morgan fingerprint density at radius 2 is 2.21 bits per heavy atom. The average Bonchev–Trinajstić information content (AvgIpc) is 3.29. The maximum atomic E-state index is 12.5. The highest BCUT2D eigenvalue weighted by Crippen LogP contribution is 2.39. The van der Waals surface area contributed by atoms with E-state index in [0.717, 1.165) is 31.2 Å². The van der Waals surface area contributed by atoms with Crippen molar-refractivity contribution in [2.45, 2.75) is 32.6 Å². The first-order valence-corrected chi connectivity index (χ1v) is 10.6. The Hall–Kier alpha value is -2.64. The summed E-state index contributed by atoms with van der Waals surface area (Å²) >= 11 is 7.51. The molecule has 1 aliphatic carbocycles. The second kappa shape index (κ2) is 8.39. The lowest BCUT2D eigenvalue weighted by Crippen LogP contribution is -2.10. The fourth-order valence-electron chi connectivity index (χ4n) is 3.40. The first-order valence-electron chi connectivity index (χ1n) is 9.40. The van der Waals surface area contributed by atoms with E-state index in [2.05, 4.69) is 10.3 Å². The van der Waals surface area contributed by atoms with Gasteiger partial charge >= 0.3 is 5.97 Å². The summed E-state index contributed by atoms with van der Waals surface area (Å²) in [5, 5.41) is 4.33. The summed E-state index contributed by atoms with van der Waals surface area (Å²) in [6.07, 6.45) is 6.14. The second-order valence-corrected chi connectivity index (χ2v) is 8.17. The molecular weight excluding hydrogens is 412 g/mol. The highest BCUT2D eigenvalue weighted by atomic mass is 35.5. The molecule has 1 aliphatic rings. The number of esters is 1. The molecule has 0 unspecified atom stereocenters. The fraction of sp³-hybridized carbons (Fsp3) is 0.286. The predicted molar refractivity (Wildman–Crippen MR) is 114 cm³/mol. The van der Waals surface area contributed by atoms with E-state index >= 15 is 0 Å². The number of hydrogen-bond donors (Lipinski definition) is 1. The van der Waals surface area contributed by atoms with Crippen molar-refractivity contribution in [3.63, 3.8) is 0 Å². The van der Waals surface area contributed by atoms with Gasteiger partial charge in [-0.15, -0.1) is 11.3 Å². The third-order valence-corrected chi connectivity index (χ3v) is 6.19. The number of aromatic nitrogens is 1. The quantitative estimate of drug-likeness (QED) is 0.326. The Labute approximate surface area is 176 Å². The number of anilines is 1. The number of hydrogen-bond acceptors (Lipinski definition) is 7. The molecule has 0 bridgehead atoms. The van der Waals surface area contributed by atoms with Gasteiger partial charge in [-0.3, -0.25) is 4.79 Å². The van der Waals surface area contributed by atoms with Gasteiger partial charge in [0.2, 0.25) is 5.89 Å². The fourth-order valence-corrected chi connectivity index (χ4v) is 4.81. The number of carbonyl (C=O) groups is 2. The Balaban J connectivity index is 1.68. The minimum Gasteiger partial charge on any atom is -0.462 e. The summed E-state index contributed by atoms with van der Waals surface area (Å²) in [6, 6.07) is 5.07. The summed E-state index contributed by atoms with van der Waals surface area (Å²) < 4.78 is 10.9. The monoisotopic (exact) mass is 430 g/mol. The number of aldehydes is 1. The van der Waals surface area contributed by atoms with Crippen LogP contribution in [0.2, 0.25) is 5.02 Å². The van der Waals surface area contributed by atoms with Crippen molar-refractivity contribution in [1.82, 2.24) is 4.98 Å². The van der Waals surface area contributed by atoms with Crippen molar-refractivity contribution in [2.75, 3.05) is 11.9 Å². The molecule has 0 fully saturated rings. The SMILES string of the molecule is CCOC(=O)c1c(N/C=C(/C=O)c2nc3cc(Cl)ccc3o2)sc2c1CCCC2. The van der Waals surface area contributed by atoms with Crippen LogP contribution in [-0.2, 0) is 22.4 Å². The summed E-state index contributed by atoms with van der Waals surface area (Å²) in [5.41, 5.74) is 2.96.